The molecule has 0 fully saturated rings. The molecule has 0 saturated carbocycles. The van der Waals surface area contributed by atoms with Crippen LogP contribution in [0, 0.1) is 4.77 Å². The van der Waals surface area contributed by atoms with E-state index < -0.39 is 0 Å². The second-order valence-corrected chi connectivity index (χ2v) is 8.35. The van der Waals surface area contributed by atoms with Gasteiger partial charge in [-0.15, -0.1) is 0 Å². The molecule has 0 amide bonds. The van der Waals surface area contributed by atoms with Crippen LogP contribution in [0.5, 0.6) is 0 Å². The van der Waals surface area contributed by atoms with Crippen LogP contribution in [0.4, 0.5) is 0 Å². The fourth-order valence-electron chi connectivity index (χ4n) is 4.09. The fraction of sp³-hybridized carbons (Fsp3) is 0.192. The zero-order chi connectivity index (χ0) is 21.8. The highest BCUT2D eigenvalue weighted by Crippen LogP contribution is 2.23. The van der Waals surface area contributed by atoms with Crippen molar-refractivity contribution in [2.24, 2.45) is 0 Å². The van der Waals surface area contributed by atoms with E-state index in [2.05, 4.69) is 75.1 Å². The normalized spacial score (nSPS) is 14.3. The molecule has 0 N–H and O–H groups in total. The smallest absolute Gasteiger partial charge is 0.199 e. The predicted molar refractivity (Wildman–Crippen MR) is 130 cm³/mol. The molecule has 6 heteroatoms. The Morgan fingerprint density at radius 1 is 0.875 bits per heavy atom. The minimum atomic E-state index is 0.673. The second-order valence-electron chi connectivity index (χ2n) is 7.98. The van der Waals surface area contributed by atoms with Gasteiger partial charge >= 0.3 is 0 Å². The van der Waals surface area contributed by atoms with Crippen molar-refractivity contribution in [3.63, 3.8) is 0 Å². The van der Waals surface area contributed by atoms with Crippen LogP contribution in [0.3, 0.4) is 0 Å². The van der Waals surface area contributed by atoms with Gasteiger partial charge in [0.25, 0.3) is 0 Å². The van der Waals surface area contributed by atoms with E-state index in [1.54, 1.807) is 6.20 Å². The first-order valence-electron chi connectivity index (χ1n) is 10.9. The molecule has 5 rings (SSSR count). The molecule has 4 aromatic rings. The first-order valence-corrected chi connectivity index (χ1v) is 11.3. The molecule has 2 aromatic heterocycles. The first-order chi connectivity index (χ1) is 15.8. The Balaban J connectivity index is 1.41. The predicted octanol–water partition coefficient (Wildman–Crippen LogP) is 5.27. The number of aromatic nitrogens is 4. The van der Waals surface area contributed by atoms with Gasteiger partial charge in [-0.2, -0.15) is 5.10 Å². The van der Waals surface area contributed by atoms with E-state index in [9.17, 15) is 0 Å². The van der Waals surface area contributed by atoms with Gasteiger partial charge in [-0.05, 0) is 47.5 Å². The quantitative estimate of drug-likeness (QED) is 0.384. The maximum absolute atomic E-state index is 5.88. The van der Waals surface area contributed by atoms with E-state index in [1.165, 1.54) is 16.7 Å². The van der Waals surface area contributed by atoms with E-state index in [0.717, 1.165) is 35.7 Å². The highest BCUT2D eigenvalue weighted by atomic mass is 32.1. The Hall–Kier alpha value is -3.35. The molecule has 32 heavy (non-hydrogen) atoms. The third kappa shape index (κ3) is 4.47. The average Bonchev–Trinajstić information content (AvgIpc) is 3.16. The number of hydrogen-bond acceptors (Lipinski definition) is 4. The van der Waals surface area contributed by atoms with Crippen molar-refractivity contribution in [2.75, 3.05) is 13.1 Å². The van der Waals surface area contributed by atoms with E-state index in [-0.39, 0.29) is 0 Å². The molecule has 1 aliphatic heterocycles. The summed E-state index contributed by atoms with van der Waals surface area (Å²) in [5, 5.41) is 4.92. The maximum atomic E-state index is 5.88. The summed E-state index contributed by atoms with van der Waals surface area (Å²) >= 11 is 5.88. The van der Waals surface area contributed by atoms with Gasteiger partial charge in [0.2, 0.25) is 0 Å². The van der Waals surface area contributed by atoms with Crippen LogP contribution in [0.1, 0.15) is 17.5 Å². The lowest BCUT2D eigenvalue weighted by Gasteiger charge is -2.26. The van der Waals surface area contributed by atoms with Crippen molar-refractivity contribution in [1.29, 1.82) is 0 Å². The largest absolute Gasteiger partial charge is 0.295 e. The topological polar surface area (TPSA) is 38.9 Å². The van der Waals surface area contributed by atoms with Crippen LogP contribution in [0.25, 0.3) is 17.0 Å². The van der Waals surface area contributed by atoms with Crippen molar-refractivity contribution in [1.82, 2.24) is 24.2 Å². The molecule has 0 radical (unpaired) electrons. The molecular formula is C26H25N5S. The summed E-state index contributed by atoms with van der Waals surface area (Å²) < 4.78 is 4.78. The van der Waals surface area contributed by atoms with Gasteiger partial charge in [0.05, 0.1) is 13.2 Å². The molecule has 1 aliphatic rings. The zero-order valence-electron chi connectivity index (χ0n) is 17.8. The van der Waals surface area contributed by atoms with Crippen LogP contribution in [-0.2, 0) is 13.2 Å². The van der Waals surface area contributed by atoms with Gasteiger partial charge < -0.3 is 0 Å². The minimum absolute atomic E-state index is 0.673. The van der Waals surface area contributed by atoms with Crippen LogP contribution >= 0.6 is 12.2 Å². The Bertz CT molecular complexity index is 1260. The van der Waals surface area contributed by atoms with E-state index in [4.69, 9.17) is 17.3 Å². The molecule has 2 aromatic carbocycles. The molecule has 3 heterocycles. The van der Waals surface area contributed by atoms with Crippen molar-refractivity contribution in [3.8, 4) is 11.4 Å². The number of rotatable bonds is 6. The molecule has 0 saturated heterocycles. The summed E-state index contributed by atoms with van der Waals surface area (Å²) in [5.41, 5.74) is 4.89. The standard InChI is InChI=1S/C26H25N5S/c32-26-30(19-21-8-3-1-4-9-21)25(24-12-7-15-27-18-24)28-31(26)20-29-16-13-23(14-17-29)22-10-5-2-6-11-22/h1-13,15,18H,14,16-17,19-20H2. The molecule has 0 bridgehead atoms. The molecule has 160 valence electrons. The van der Waals surface area contributed by atoms with Crippen molar-refractivity contribution >= 4 is 17.8 Å². The summed E-state index contributed by atoms with van der Waals surface area (Å²) in [6.07, 6.45) is 6.97. The lowest BCUT2D eigenvalue weighted by Crippen LogP contribution is -2.31. The van der Waals surface area contributed by atoms with Crippen LogP contribution < -0.4 is 0 Å². The lowest BCUT2D eigenvalue weighted by molar-refractivity contribution is 0.226. The number of hydrogen-bond donors (Lipinski definition) is 0. The third-order valence-corrected chi connectivity index (χ3v) is 6.23. The minimum Gasteiger partial charge on any atom is -0.295 e. The van der Waals surface area contributed by atoms with Crippen molar-refractivity contribution in [3.05, 3.63) is 107 Å². The Morgan fingerprint density at radius 2 is 1.62 bits per heavy atom. The molecular weight excluding hydrogens is 414 g/mol. The Morgan fingerprint density at radius 3 is 2.31 bits per heavy atom. The van der Waals surface area contributed by atoms with E-state index in [1.807, 2.05) is 29.1 Å². The van der Waals surface area contributed by atoms with Gasteiger partial charge in [-0.25, -0.2) is 4.68 Å². The van der Waals surface area contributed by atoms with E-state index >= 15 is 0 Å². The average molecular weight is 440 g/mol. The summed E-state index contributed by atoms with van der Waals surface area (Å²) in [7, 11) is 0. The highest BCUT2D eigenvalue weighted by Gasteiger charge is 2.18. The van der Waals surface area contributed by atoms with E-state index in [0.29, 0.717) is 13.2 Å². The molecule has 0 unspecified atom stereocenters. The van der Waals surface area contributed by atoms with Gasteiger partial charge in [0, 0.05) is 31.0 Å². The Labute approximate surface area is 193 Å². The number of nitrogens with zero attached hydrogens (tertiary/aromatic N) is 5. The van der Waals surface area contributed by atoms with Crippen LogP contribution in [-0.4, -0.2) is 37.3 Å². The number of benzene rings is 2. The molecule has 0 aliphatic carbocycles. The fourth-order valence-corrected chi connectivity index (χ4v) is 4.34. The van der Waals surface area contributed by atoms with Crippen molar-refractivity contribution < 1.29 is 0 Å². The second kappa shape index (κ2) is 9.42. The molecule has 0 atom stereocenters. The summed E-state index contributed by atoms with van der Waals surface area (Å²) in [6.45, 7) is 3.23. The molecule has 0 spiro atoms. The molecule has 5 nitrogen and oxygen atoms in total. The van der Waals surface area contributed by atoms with Gasteiger partial charge in [0.1, 0.15) is 0 Å². The number of pyridine rings is 1. The third-order valence-electron chi connectivity index (χ3n) is 5.80. The van der Waals surface area contributed by atoms with Gasteiger partial charge in [0.15, 0.2) is 10.6 Å². The van der Waals surface area contributed by atoms with Crippen LogP contribution in [0.2, 0.25) is 0 Å². The SMILES string of the molecule is S=c1n(CN2CC=C(c3ccccc3)CC2)nc(-c2cccnc2)n1Cc1ccccc1. The van der Waals surface area contributed by atoms with Gasteiger partial charge in [-0.1, -0.05) is 66.7 Å². The lowest BCUT2D eigenvalue weighted by atomic mass is 10.00. The van der Waals surface area contributed by atoms with Gasteiger partial charge in [-0.3, -0.25) is 14.5 Å². The summed E-state index contributed by atoms with van der Waals surface area (Å²) in [6, 6.07) is 25.0. The monoisotopic (exact) mass is 439 g/mol. The Kier molecular flexibility index (Phi) is 6.05. The summed E-state index contributed by atoms with van der Waals surface area (Å²) in [5.74, 6) is 0.851. The van der Waals surface area contributed by atoms with Crippen molar-refractivity contribution in [2.45, 2.75) is 19.6 Å². The highest BCUT2D eigenvalue weighted by molar-refractivity contribution is 7.71. The maximum Gasteiger partial charge on any atom is 0.199 e. The first kappa shape index (κ1) is 20.5. The zero-order valence-corrected chi connectivity index (χ0v) is 18.7. The summed E-state index contributed by atoms with van der Waals surface area (Å²) in [4.78, 5) is 6.67. The van der Waals surface area contributed by atoms with Crippen LogP contribution in [0.15, 0.2) is 91.3 Å².